The van der Waals surface area contributed by atoms with Gasteiger partial charge in [0.15, 0.2) is 0 Å². The Hall–Kier alpha value is -2.08. The van der Waals surface area contributed by atoms with Gasteiger partial charge in [0.25, 0.3) is 5.91 Å². The standard InChI is InChI=1S/C15H18N2O3S/c1-8(7-11-5-4-6-21-11)16-14(18)12-9(2)13(15(19)20)17-10(12)3/h4-6,8,17H,7H2,1-3H3,(H,16,18)(H,19,20). The predicted octanol–water partition coefficient (Wildman–Crippen LogP) is 2.75. The summed E-state index contributed by atoms with van der Waals surface area (Å²) < 4.78 is 0. The number of carboxylic acid groups (broad SMARTS) is 1. The zero-order valence-electron chi connectivity index (χ0n) is 12.2. The number of amides is 1. The Morgan fingerprint density at radius 1 is 1.43 bits per heavy atom. The molecular formula is C15H18N2O3S. The van der Waals surface area contributed by atoms with Gasteiger partial charge in [-0.1, -0.05) is 6.07 Å². The molecule has 0 aliphatic heterocycles. The molecular weight excluding hydrogens is 288 g/mol. The van der Waals surface area contributed by atoms with Gasteiger partial charge >= 0.3 is 5.97 Å². The number of hydrogen-bond donors (Lipinski definition) is 3. The van der Waals surface area contributed by atoms with Crippen LogP contribution >= 0.6 is 11.3 Å². The SMILES string of the molecule is Cc1[nH]c(C(=O)O)c(C)c1C(=O)NC(C)Cc1cccs1. The van der Waals surface area contributed by atoms with Crippen molar-refractivity contribution >= 4 is 23.2 Å². The average Bonchev–Trinajstić information content (AvgIpc) is 2.97. The Morgan fingerprint density at radius 2 is 2.14 bits per heavy atom. The number of aromatic amines is 1. The number of carboxylic acids is 1. The minimum Gasteiger partial charge on any atom is -0.477 e. The minimum atomic E-state index is -1.05. The van der Waals surface area contributed by atoms with Crippen molar-refractivity contribution < 1.29 is 14.7 Å². The lowest BCUT2D eigenvalue weighted by Crippen LogP contribution is -2.34. The van der Waals surface area contributed by atoms with Crippen LogP contribution in [0.4, 0.5) is 0 Å². The molecule has 0 aromatic carbocycles. The lowest BCUT2D eigenvalue weighted by molar-refractivity contribution is 0.0690. The number of carbonyl (C=O) groups is 2. The van der Waals surface area contributed by atoms with Crippen LogP contribution in [-0.2, 0) is 6.42 Å². The molecule has 2 heterocycles. The number of aromatic nitrogens is 1. The fourth-order valence-electron chi connectivity index (χ4n) is 2.38. The Balaban J connectivity index is 2.11. The van der Waals surface area contributed by atoms with E-state index in [4.69, 9.17) is 5.11 Å². The van der Waals surface area contributed by atoms with Crippen molar-refractivity contribution in [2.75, 3.05) is 0 Å². The first-order valence-corrected chi connectivity index (χ1v) is 7.53. The van der Waals surface area contributed by atoms with E-state index in [-0.39, 0.29) is 17.6 Å². The number of carbonyl (C=O) groups excluding carboxylic acids is 1. The number of rotatable bonds is 5. The summed E-state index contributed by atoms with van der Waals surface area (Å²) in [7, 11) is 0. The van der Waals surface area contributed by atoms with Crippen molar-refractivity contribution in [3.8, 4) is 0 Å². The lowest BCUT2D eigenvalue weighted by Gasteiger charge is -2.13. The first kappa shape index (κ1) is 15.3. The first-order valence-electron chi connectivity index (χ1n) is 6.65. The third-order valence-corrected chi connectivity index (χ3v) is 4.24. The van der Waals surface area contributed by atoms with Crippen molar-refractivity contribution in [1.29, 1.82) is 0 Å². The van der Waals surface area contributed by atoms with E-state index in [1.807, 2.05) is 24.4 Å². The van der Waals surface area contributed by atoms with Crippen LogP contribution in [0.1, 0.15) is 43.9 Å². The molecule has 0 fully saturated rings. The largest absolute Gasteiger partial charge is 0.477 e. The number of hydrogen-bond acceptors (Lipinski definition) is 3. The third-order valence-electron chi connectivity index (χ3n) is 3.34. The fraction of sp³-hybridized carbons (Fsp3) is 0.333. The normalized spacial score (nSPS) is 12.1. The molecule has 0 bridgehead atoms. The van der Waals surface area contributed by atoms with Gasteiger partial charge in [0.05, 0.1) is 5.56 Å². The molecule has 112 valence electrons. The van der Waals surface area contributed by atoms with Gasteiger partial charge in [0.2, 0.25) is 0 Å². The molecule has 0 saturated heterocycles. The summed E-state index contributed by atoms with van der Waals surface area (Å²) in [6, 6.07) is 4.00. The van der Waals surface area contributed by atoms with Gasteiger partial charge in [-0.25, -0.2) is 4.79 Å². The molecule has 1 atom stereocenters. The maximum Gasteiger partial charge on any atom is 0.352 e. The van der Waals surface area contributed by atoms with Crippen LogP contribution in [0.5, 0.6) is 0 Å². The van der Waals surface area contributed by atoms with Crippen molar-refractivity contribution in [1.82, 2.24) is 10.3 Å². The average molecular weight is 306 g/mol. The van der Waals surface area contributed by atoms with E-state index in [9.17, 15) is 9.59 Å². The first-order chi connectivity index (χ1) is 9.90. The van der Waals surface area contributed by atoms with Crippen LogP contribution < -0.4 is 5.32 Å². The highest BCUT2D eigenvalue weighted by Gasteiger charge is 2.22. The zero-order chi connectivity index (χ0) is 15.6. The van der Waals surface area contributed by atoms with E-state index in [0.29, 0.717) is 16.8 Å². The second-order valence-corrected chi connectivity index (χ2v) is 6.12. The van der Waals surface area contributed by atoms with E-state index in [1.54, 1.807) is 25.2 Å². The van der Waals surface area contributed by atoms with Gasteiger partial charge in [-0.15, -0.1) is 11.3 Å². The van der Waals surface area contributed by atoms with Crippen molar-refractivity contribution in [2.24, 2.45) is 0 Å². The molecule has 2 aromatic heterocycles. The van der Waals surface area contributed by atoms with Crippen LogP contribution in [0.2, 0.25) is 0 Å². The molecule has 2 rings (SSSR count). The second-order valence-electron chi connectivity index (χ2n) is 5.09. The van der Waals surface area contributed by atoms with Gasteiger partial charge in [-0.2, -0.15) is 0 Å². The Morgan fingerprint density at radius 3 is 2.67 bits per heavy atom. The van der Waals surface area contributed by atoms with E-state index in [1.165, 1.54) is 4.88 Å². The molecule has 1 unspecified atom stereocenters. The minimum absolute atomic E-state index is 0.0156. The smallest absolute Gasteiger partial charge is 0.352 e. The van der Waals surface area contributed by atoms with Gasteiger partial charge < -0.3 is 15.4 Å². The maximum absolute atomic E-state index is 12.3. The highest BCUT2D eigenvalue weighted by molar-refractivity contribution is 7.09. The molecule has 6 heteroatoms. The predicted molar refractivity (Wildman–Crippen MR) is 82.2 cm³/mol. The monoisotopic (exact) mass is 306 g/mol. The van der Waals surface area contributed by atoms with Crippen LogP contribution in [0.15, 0.2) is 17.5 Å². The van der Waals surface area contributed by atoms with Crippen LogP contribution in [0.3, 0.4) is 0 Å². The molecule has 21 heavy (non-hydrogen) atoms. The Labute approximate surface area is 127 Å². The van der Waals surface area contributed by atoms with Crippen LogP contribution in [0, 0.1) is 13.8 Å². The molecule has 0 saturated carbocycles. The molecule has 0 spiro atoms. The number of nitrogens with one attached hydrogen (secondary N) is 2. The summed E-state index contributed by atoms with van der Waals surface area (Å²) in [6.45, 7) is 5.29. The number of H-pyrrole nitrogens is 1. The molecule has 1 amide bonds. The van der Waals surface area contributed by atoms with Gasteiger partial charge in [-0.3, -0.25) is 4.79 Å². The molecule has 2 aromatic rings. The highest BCUT2D eigenvalue weighted by Crippen LogP contribution is 2.18. The van der Waals surface area contributed by atoms with Crippen molar-refractivity contribution in [3.05, 3.63) is 44.9 Å². The molecule has 0 aliphatic carbocycles. The summed E-state index contributed by atoms with van der Waals surface area (Å²) >= 11 is 1.65. The summed E-state index contributed by atoms with van der Waals surface area (Å²) in [5.41, 5.74) is 1.54. The molecule has 0 radical (unpaired) electrons. The number of aromatic carboxylic acids is 1. The third kappa shape index (κ3) is 3.33. The van der Waals surface area contributed by atoms with Gasteiger partial charge in [0, 0.05) is 23.0 Å². The quantitative estimate of drug-likeness (QED) is 0.794. The van der Waals surface area contributed by atoms with Gasteiger partial charge in [-0.05, 0) is 37.8 Å². The summed E-state index contributed by atoms with van der Waals surface area (Å²) in [4.78, 5) is 27.4. The second kappa shape index (κ2) is 6.13. The Kier molecular flexibility index (Phi) is 4.47. The van der Waals surface area contributed by atoms with E-state index in [0.717, 1.165) is 6.42 Å². The molecule has 5 nitrogen and oxygen atoms in total. The maximum atomic E-state index is 12.3. The number of thiophene rings is 1. The summed E-state index contributed by atoms with van der Waals surface area (Å²) in [5.74, 6) is -1.29. The highest BCUT2D eigenvalue weighted by atomic mass is 32.1. The van der Waals surface area contributed by atoms with Crippen LogP contribution in [-0.4, -0.2) is 28.0 Å². The lowest BCUT2D eigenvalue weighted by atomic mass is 10.1. The van der Waals surface area contributed by atoms with Gasteiger partial charge in [0.1, 0.15) is 5.69 Å². The summed E-state index contributed by atoms with van der Waals surface area (Å²) in [5, 5.41) is 14.0. The van der Waals surface area contributed by atoms with Crippen LogP contribution in [0.25, 0.3) is 0 Å². The zero-order valence-corrected chi connectivity index (χ0v) is 13.0. The fourth-order valence-corrected chi connectivity index (χ4v) is 3.22. The summed E-state index contributed by atoms with van der Waals surface area (Å²) in [6.07, 6.45) is 0.762. The van der Waals surface area contributed by atoms with Crippen molar-refractivity contribution in [3.63, 3.8) is 0 Å². The topological polar surface area (TPSA) is 82.2 Å². The Bertz CT molecular complexity index is 659. The van der Waals surface area contributed by atoms with E-state index >= 15 is 0 Å². The molecule has 0 aliphatic rings. The van der Waals surface area contributed by atoms with E-state index < -0.39 is 5.97 Å². The molecule has 3 N–H and O–H groups in total. The van der Waals surface area contributed by atoms with E-state index in [2.05, 4.69) is 10.3 Å². The number of aryl methyl sites for hydroxylation is 1. The van der Waals surface area contributed by atoms with Crippen molar-refractivity contribution in [2.45, 2.75) is 33.2 Å².